The summed E-state index contributed by atoms with van der Waals surface area (Å²) in [6.45, 7) is 1.25. The Labute approximate surface area is 137 Å². The second-order valence-electron chi connectivity index (χ2n) is 5.06. The zero-order chi connectivity index (χ0) is 17.9. The molecular formula is C17H15NO6. The quantitative estimate of drug-likeness (QED) is 0.567. The second-order valence-corrected chi connectivity index (χ2v) is 5.06. The first kappa shape index (κ1) is 17.0. The van der Waals surface area contributed by atoms with Crippen molar-refractivity contribution in [2.24, 2.45) is 0 Å². The smallest absolute Gasteiger partial charge is 0.341 e. The maximum Gasteiger partial charge on any atom is 0.341 e. The predicted octanol–water partition coefficient (Wildman–Crippen LogP) is 2.33. The van der Waals surface area contributed by atoms with Gasteiger partial charge in [0.1, 0.15) is 6.61 Å². The van der Waals surface area contributed by atoms with Gasteiger partial charge >= 0.3 is 17.9 Å². The molecule has 0 aliphatic heterocycles. The summed E-state index contributed by atoms with van der Waals surface area (Å²) in [5.74, 6) is -3.70. The summed E-state index contributed by atoms with van der Waals surface area (Å²) in [7, 11) is 0. The summed E-state index contributed by atoms with van der Waals surface area (Å²) in [4.78, 5) is 35.0. The topological polar surface area (TPSA) is 127 Å². The summed E-state index contributed by atoms with van der Waals surface area (Å²) in [5.41, 5.74) is 5.03. The molecule has 124 valence electrons. The molecule has 0 aliphatic rings. The Kier molecular flexibility index (Phi) is 4.84. The van der Waals surface area contributed by atoms with Crippen molar-refractivity contribution in [3.05, 3.63) is 64.2 Å². The Morgan fingerprint density at radius 1 is 1.04 bits per heavy atom. The SMILES string of the molecule is Cc1c(C(=O)O)cc(N)c(C(=O)OCc2ccccc2)c1C(=O)O. The maximum atomic E-state index is 12.3. The number of carbonyl (C=O) groups excluding carboxylic acids is 1. The van der Waals surface area contributed by atoms with Crippen molar-refractivity contribution in [3.8, 4) is 0 Å². The van der Waals surface area contributed by atoms with Crippen molar-refractivity contribution in [3.63, 3.8) is 0 Å². The number of aromatic carboxylic acids is 2. The van der Waals surface area contributed by atoms with Crippen LogP contribution in [0.5, 0.6) is 0 Å². The Balaban J connectivity index is 2.41. The van der Waals surface area contributed by atoms with E-state index in [2.05, 4.69) is 0 Å². The Morgan fingerprint density at radius 3 is 2.21 bits per heavy atom. The number of esters is 1. The van der Waals surface area contributed by atoms with Crippen LogP contribution in [0.2, 0.25) is 0 Å². The van der Waals surface area contributed by atoms with E-state index in [1.165, 1.54) is 6.92 Å². The average Bonchev–Trinajstić information content (AvgIpc) is 2.54. The van der Waals surface area contributed by atoms with Crippen molar-refractivity contribution < 1.29 is 29.3 Å². The molecule has 2 aromatic rings. The van der Waals surface area contributed by atoms with Crippen LogP contribution in [0.4, 0.5) is 5.69 Å². The number of ether oxygens (including phenoxy) is 1. The normalized spacial score (nSPS) is 10.2. The number of benzene rings is 2. The first-order valence-electron chi connectivity index (χ1n) is 6.93. The van der Waals surface area contributed by atoms with Gasteiger partial charge < -0.3 is 20.7 Å². The third kappa shape index (κ3) is 3.35. The molecule has 0 heterocycles. The van der Waals surface area contributed by atoms with Crippen LogP contribution in [0.15, 0.2) is 36.4 Å². The summed E-state index contributed by atoms with van der Waals surface area (Å²) < 4.78 is 5.11. The number of rotatable bonds is 5. The molecule has 24 heavy (non-hydrogen) atoms. The molecule has 0 aromatic heterocycles. The van der Waals surface area contributed by atoms with E-state index >= 15 is 0 Å². The lowest BCUT2D eigenvalue weighted by molar-refractivity contribution is 0.0463. The highest BCUT2D eigenvalue weighted by Gasteiger charge is 2.27. The third-order valence-corrected chi connectivity index (χ3v) is 3.48. The van der Waals surface area contributed by atoms with E-state index in [0.29, 0.717) is 0 Å². The minimum atomic E-state index is -1.45. The van der Waals surface area contributed by atoms with Crippen LogP contribution >= 0.6 is 0 Å². The van der Waals surface area contributed by atoms with Crippen molar-refractivity contribution in [1.82, 2.24) is 0 Å². The number of anilines is 1. The summed E-state index contributed by atoms with van der Waals surface area (Å²) in [6, 6.07) is 9.89. The van der Waals surface area contributed by atoms with Gasteiger partial charge in [-0.2, -0.15) is 0 Å². The molecule has 0 saturated carbocycles. The van der Waals surface area contributed by atoms with Gasteiger partial charge in [0.15, 0.2) is 0 Å². The largest absolute Gasteiger partial charge is 0.478 e. The minimum Gasteiger partial charge on any atom is -0.478 e. The van der Waals surface area contributed by atoms with Gasteiger partial charge in [-0.1, -0.05) is 30.3 Å². The molecule has 0 saturated heterocycles. The fraction of sp³-hybridized carbons (Fsp3) is 0.118. The van der Waals surface area contributed by atoms with Gasteiger partial charge in [0, 0.05) is 5.69 Å². The Bertz CT molecular complexity index is 814. The highest BCUT2D eigenvalue weighted by molar-refractivity contribution is 6.09. The number of nitrogens with two attached hydrogens (primary N) is 1. The van der Waals surface area contributed by atoms with Crippen molar-refractivity contribution in [1.29, 1.82) is 0 Å². The van der Waals surface area contributed by atoms with Crippen LogP contribution in [0, 0.1) is 6.92 Å². The molecule has 4 N–H and O–H groups in total. The third-order valence-electron chi connectivity index (χ3n) is 3.48. The minimum absolute atomic E-state index is 0.0576. The van der Waals surface area contributed by atoms with E-state index in [9.17, 15) is 19.5 Å². The molecule has 0 amide bonds. The molecule has 2 aromatic carbocycles. The highest BCUT2D eigenvalue weighted by Crippen LogP contribution is 2.26. The lowest BCUT2D eigenvalue weighted by atomic mass is 9.95. The maximum absolute atomic E-state index is 12.3. The number of hydrogen-bond donors (Lipinski definition) is 3. The summed E-state index contributed by atoms with van der Waals surface area (Å²) in [5, 5.41) is 18.5. The van der Waals surface area contributed by atoms with Crippen LogP contribution in [-0.2, 0) is 11.3 Å². The molecule has 0 fully saturated rings. The van der Waals surface area contributed by atoms with Crippen LogP contribution in [0.1, 0.15) is 42.2 Å². The standard InChI is InChI=1S/C17H15NO6/c1-9-11(15(19)20)7-12(18)14(13(9)16(21)22)17(23)24-8-10-5-3-2-4-6-10/h2-7H,8,18H2,1H3,(H,19,20)(H,21,22). The van der Waals surface area contributed by atoms with E-state index in [0.717, 1.165) is 11.6 Å². The Morgan fingerprint density at radius 2 is 1.67 bits per heavy atom. The molecule has 7 nitrogen and oxygen atoms in total. The molecule has 0 atom stereocenters. The van der Waals surface area contributed by atoms with Crippen LogP contribution in [0.3, 0.4) is 0 Å². The van der Waals surface area contributed by atoms with Crippen molar-refractivity contribution in [2.45, 2.75) is 13.5 Å². The number of hydrogen-bond acceptors (Lipinski definition) is 5. The second kappa shape index (κ2) is 6.82. The van der Waals surface area contributed by atoms with E-state index in [1.807, 2.05) is 0 Å². The van der Waals surface area contributed by atoms with E-state index in [1.54, 1.807) is 30.3 Å². The highest BCUT2D eigenvalue weighted by atomic mass is 16.5. The molecule has 0 spiro atoms. The monoisotopic (exact) mass is 329 g/mol. The Hall–Kier alpha value is -3.35. The van der Waals surface area contributed by atoms with E-state index < -0.39 is 23.5 Å². The lowest BCUT2D eigenvalue weighted by Crippen LogP contribution is -2.18. The van der Waals surface area contributed by atoms with Crippen molar-refractivity contribution >= 4 is 23.6 Å². The van der Waals surface area contributed by atoms with Gasteiger partial charge in [0.05, 0.1) is 16.7 Å². The van der Waals surface area contributed by atoms with Gasteiger partial charge in [-0.15, -0.1) is 0 Å². The molecule has 0 unspecified atom stereocenters. The van der Waals surface area contributed by atoms with E-state index in [-0.39, 0.29) is 29.0 Å². The molecule has 0 radical (unpaired) electrons. The molecule has 0 bridgehead atoms. The van der Waals surface area contributed by atoms with Crippen LogP contribution < -0.4 is 5.73 Å². The molecule has 7 heteroatoms. The first-order valence-corrected chi connectivity index (χ1v) is 6.93. The molecule has 0 aliphatic carbocycles. The molecular weight excluding hydrogens is 314 g/mol. The van der Waals surface area contributed by atoms with Gasteiger partial charge in [-0.3, -0.25) is 0 Å². The summed E-state index contributed by atoms with van der Waals surface area (Å²) >= 11 is 0. The summed E-state index contributed by atoms with van der Waals surface area (Å²) in [6.07, 6.45) is 0. The fourth-order valence-electron chi connectivity index (χ4n) is 2.31. The van der Waals surface area contributed by atoms with Crippen LogP contribution in [0.25, 0.3) is 0 Å². The van der Waals surface area contributed by atoms with Gasteiger partial charge in [-0.05, 0) is 24.1 Å². The zero-order valence-corrected chi connectivity index (χ0v) is 12.8. The van der Waals surface area contributed by atoms with Gasteiger partial charge in [0.25, 0.3) is 0 Å². The molecule has 2 rings (SSSR count). The van der Waals surface area contributed by atoms with E-state index in [4.69, 9.17) is 15.6 Å². The lowest BCUT2D eigenvalue weighted by Gasteiger charge is -2.14. The van der Waals surface area contributed by atoms with Crippen molar-refractivity contribution in [2.75, 3.05) is 5.73 Å². The van der Waals surface area contributed by atoms with Gasteiger partial charge in [0.2, 0.25) is 0 Å². The number of carboxylic acids is 2. The van der Waals surface area contributed by atoms with Gasteiger partial charge in [-0.25, -0.2) is 14.4 Å². The first-order chi connectivity index (χ1) is 11.3. The van der Waals surface area contributed by atoms with Crippen LogP contribution in [-0.4, -0.2) is 28.1 Å². The number of carbonyl (C=O) groups is 3. The number of carboxylic acid groups (broad SMARTS) is 2. The fourth-order valence-corrected chi connectivity index (χ4v) is 2.31. The number of nitrogen functional groups attached to an aromatic ring is 1. The zero-order valence-electron chi connectivity index (χ0n) is 12.8. The average molecular weight is 329 g/mol. The predicted molar refractivity (Wildman–Crippen MR) is 85.1 cm³/mol.